The van der Waals surface area contributed by atoms with E-state index in [9.17, 15) is 0 Å². The van der Waals surface area contributed by atoms with Crippen LogP contribution in [-0.2, 0) is 6.54 Å². The van der Waals surface area contributed by atoms with Crippen LogP contribution in [0, 0.1) is 0 Å². The van der Waals surface area contributed by atoms with Crippen LogP contribution in [0.15, 0.2) is 48.7 Å². The van der Waals surface area contributed by atoms with Crippen molar-refractivity contribution in [2.24, 2.45) is 0 Å². The number of nitrogens with zero attached hydrogens (tertiary/aromatic N) is 2. The van der Waals surface area contributed by atoms with Gasteiger partial charge >= 0.3 is 0 Å². The van der Waals surface area contributed by atoms with Gasteiger partial charge in [-0.3, -0.25) is 4.68 Å². The third kappa shape index (κ3) is 5.07. The molecule has 2 N–H and O–H groups in total. The summed E-state index contributed by atoms with van der Waals surface area (Å²) in [5.41, 5.74) is 1.75. The van der Waals surface area contributed by atoms with E-state index in [0.717, 1.165) is 5.56 Å². The highest BCUT2D eigenvalue weighted by Crippen LogP contribution is 2.29. The summed E-state index contributed by atoms with van der Waals surface area (Å²) in [7, 11) is 3.17. The van der Waals surface area contributed by atoms with Crippen LogP contribution in [0.1, 0.15) is 5.56 Å². The highest BCUT2D eigenvalue weighted by atomic mass is 35.5. The number of hydrogen-bond acceptors (Lipinski definition) is 4. The number of benzene rings is 2. The van der Waals surface area contributed by atoms with E-state index in [4.69, 9.17) is 44.9 Å². The van der Waals surface area contributed by atoms with Crippen molar-refractivity contribution in [2.75, 3.05) is 24.9 Å². The normalized spacial score (nSPS) is 10.4. The molecule has 0 saturated heterocycles. The maximum atomic E-state index is 6.29. The second-order valence-corrected chi connectivity index (χ2v) is 7.05. The second-order valence-electron chi connectivity index (χ2n) is 5.80. The number of methoxy groups -OCH3 is 2. The van der Waals surface area contributed by atoms with Gasteiger partial charge in [-0.25, -0.2) is 0 Å². The molecule has 0 bridgehead atoms. The first kappa shape index (κ1) is 20.3. The Bertz CT molecular complexity index is 977. The van der Waals surface area contributed by atoms with E-state index in [-0.39, 0.29) is 0 Å². The molecule has 2 aromatic carbocycles. The van der Waals surface area contributed by atoms with Gasteiger partial charge in [-0.2, -0.15) is 5.10 Å². The molecule has 28 heavy (non-hydrogen) atoms. The predicted molar refractivity (Wildman–Crippen MR) is 117 cm³/mol. The highest BCUT2D eigenvalue weighted by molar-refractivity contribution is 7.80. The molecular formula is C19H18Cl2N4O2S. The number of nitrogens with one attached hydrogen (secondary N) is 2. The first-order chi connectivity index (χ1) is 13.5. The summed E-state index contributed by atoms with van der Waals surface area (Å²) in [6, 6.07) is 12.9. The second kappa shape index (κ2) is 9.14. The number of anilines is 2. The van der Waals surface area contributed by atoms with Crippen molar-refractivity contribution in [1.29, 1.82) is 0 Å². The molecule has 146 valence electrons. The van der Waals surface area contributed by atoms with Crippen molar-refractivity contribution in [1.82, 2.24) is 9.78 Å². The molecule has 9 heteroatoms. The number of rotatable bonds is 6. The third-order valence-corrected chi connectivity index (χ3v) is 4.60. The van der Waals surface area contributed by atoms with E-state index in [1.807, 2.05) is 30.3 Å². The average molecular weight is 437 g/mol. The smallest absolute Gasteiger partial charge is 0.176 e. The van der Waals surface area contributed by atoms with E-state index in [1.165, 1.54) is 0 Å². The minimum Gasteiger partial charge on any atom is -0.497 e. The van der Waals surface area contributed by atoms with Crippen LogP contribution in [0.4, 0.5) is 11.5 Å². The Kier molecular flexibility index (Phi) is 6.61. The van der Waals surface area contributed by atoms with Gasteiger partial charge < -0.3 is 20.1 Å². The van der Waals surface area contributed by atoms with Crippen molar-refractivity contribution in [3.05, 3.63) is 64.3 Å². The van der Waals surface area contributed by atoms with Gasteiger partial charge in [0.2, 0.25) is 0 Å². The fourth-order valence-electron chi connectivity index (χ4n) is 2.50. The third-order valence-electron chi connectivity index (χ3n) is 3.86. The maximum Gasteiger partial charge on any atom is 0.176 e. The van der Waals surface area contributed by atoms with Gasteiger partial charge in [0.05, 0.1) is 26.5 Å². The highest BCUT2D eigenvalue weighted by Gasteiger charge is 2.11. The molecule has 0 amide bonds. The average Bonchev–Trinajstić information content (AvgIpc) is 3.02. The van der Waals surface area contributed by atoms with Crippen LogP contribution in [0.3, 0.4) is 0 Å². The van der Waals surface area contributed by atoms with Crippen LogP contribution < -0.4 is 20.1 Å². The summed E-state index contributed by atoms with van der Waals surface area (Å²) in [6.07, 6.45) is 1.73. The van der Waals surface area contributed by atoms with E-state index in [1.54, 1.807) is 37.2 Å². The molecule has 0 unspecified atom stereocenters. The van der Waals surface area contributed by atoms with Gasteiger partial charge in [-0.15, -0.1) is 0 Å². The van der Waals surface area contributed by atoms with Crippen molar-refractivity contribution in [2.45, 2.75) is 6.54 Å². The lowest BCUT2D eigenvalue weighted by molar-refractivity contribution is 0.395. The zero-order chi connectivity index (χ0) is 20.1. The molecule has 0 aliphatic heterocycles. The van der Waals surface area contributed by atoms with Crippen molar-refractivity contribution in [3.63, 3.8) is 0 Å². The molecule has 3 aromatic rings. The molecule has 0 saturated carbocycles. The van der Waals surface area contributed by atoms with Crippen LogP contribution in [0.2, 0.25) is 10.0 Å². The summed E-state index contributed by atoms with van der Waals surface area (Å²) < 4.78 is 12.3. The predicted octanol–water partition coefficient (Wildman–Crippen LogP) is 5.06. The largest absolute Gasteiger partial charge is 0.497 e. The van der Waals surface area contributed by atoms with Gasteiger partial charge in [0.25, 0.3) is 0 Å². The van der Waals surface area contributed by atoms with Crippen molar-refractivity contribution in [3.8, 4) is 11.5 Å². The molecule has 1 heterocycles. The summed E-state index contributed by atoms with van der Waals surface area (Å²) in [6.45, 7) is 0.561. The van der Waals surface area contributed by atoms with Crippen LogP contribution in [0.25, 0.3) is 0 Å². The standard InChI is InChI=1S/C19H18Cl2N4O2S/c1-26-14-7-8-16(17(9-14)27-2)22-19(28)23-18-15(21)11-25(24-18)10-12-3-5-13(20)6-4-12/h3-9,11H,10H2,1-2H3,(H2,22,23,24,28). The summed E-state index contributed by atoms with van der Waals surface area (Å²) in [5, 5.41) is 12.0. The zero-order valence-electron chi connectivity index (χ0n) is 15.2. The summed E-state index contributed by atoms with van der Waals surface area (Å²) in [5.74, 6) is 1.74. The van der Waals surface area contributed by atoms with Gasteiger partial charge in [0.1, 0.15) is 16.5 Å². The monoisotopic (exact) mass is 436 g/mol. The number of aromatic nitrogens is 2. The Balaban J connectivity index is 1.67. The van der Waals surface area contributed by atoms with E-state index < -0.39 is 0 Å². The molecule has 0 aliphatic carbocycles. The van der Waals surface area contributed by atoms with Gasteiger partial charge in [-0.1, -0.05) is 35.3 Å². The summed E-state index contributed by atoms with van der Waals surface area (Å²) >= 11 is 17.6. The van der Waals surface area contributed by atoms with E-state index >= 15 is 0 Å². The first-order valence-electron chi connectivity index (χ1n) is 8.26. The molecule has 0 aliphatic rings. The van der Waals surface area contributed by atoms with Crippen LogP contribution in [-0.4, -0.2) is 29.1 Å². The molecule has 0 atom stereocenters. The van der Waals surface area contributed by atoms with Gasteiger partial charge in [-0.05, 0) is 42.0 Å². The van der Waals surface area contributed by atoms with E-state index in [0.29, 0.717) is 44.7 Å². The molecule has 1 aromatic heterocycles. The molecule has 0 spiro atoms. The quantitative estimate of drug-likeness (QED) is 0.526. The Morgan fingerprint density at radius 3 is 2.50 bits per heavy atom. The SMILES string of the molecule is COc1ccc(NC(=S)Nc2nn(Cc3ccc(Cl)cc3)cc2Cl)c(OC)c1. The van der Waals surface area contributed by atoms with E-state index in [2.05, 4.69) is 15.7 Å². The number of hydrogen-bond donors (Lipinski definition) is 2. The lowest BCUT2D eigenvalue weighted by Gasteiger charge is -2.13. The minimum atomic E-state index is 0.335. The molecule has 0 radical (unpaired) electrons. The Morgan fingerprint density at radius 2 is 1.82 bits per heavy atom. The summed E-state index contributed by atoms with van der Waals surface area (Å²) in [4.78, 5) is 0. The van der Waals surface area contributed by atoms with Crippen LogP contribution >= 0.6 is 35.4 Å². The molecule has 0 fully saturated rings. The fraction of sp³-hybridized carbons (Fsp3) is 0.158. The minimum absolute atomic E-state index is 0.335. The fourth-order valence-corrected chi connectivity index (χ4v) is 3.03. The van der Waals surface area contributed by atoms with Gasteiger partial charge in [0, 0.05) is 17.3 Å². The Morgan fingerprint density at radius 1 is 1.07 bits per heavy atom. The van der Waals surface area contributed by atoms with Gasteiger partial charge in [0.15, 0.2) is 10.9 Å². The lowest BCUT2D eigenvalue weighted by Crippen LogP contribution is -2.20. The molecule has 3 rings (SSSR count). The maximum absolute atomic E-state index is 6.29. The topological polar surface area (TPSA) is 60.3 Å². The number of halogens is 2. The van der Waals surface area contributed by atoms with Crippen LogP contribution in [0.5, 0.6) is 11.5 Å². The Labute approximate surface area is 178 Å². The molecular weight excluding hydrogens is 419 g/mol. The lowest BCUT2D eigenvalue weighted by atomic mass is 10.2. The first-order valence-corrected chi connectivity index (χ1v) is 9.42. The Hall–Kier alpha value is -2.48. The number of thiocarbonyl (C=S) groups is 1. The van der Waals surface area contributed by atoms with Crippen molar-refractivity contribution < 1.29 is 9.47 Å². The number of ether oxygens (including phenoxy) is 2. The molecule has 6 nitrogen and oxygen atoms in total. The van der Waals surface area contributed by atoms with Crippen molar-refractivity contribution >= 4 is 52.0 Å². The zero-order valence-corrected chi connectivity index (χ0v) is 17.5.